The van der Waals surface area contributed by atoms with E-state index in [-0.39, 0.29) is 0 Å². The lowest BCUT2D eigenvalue weighted by atomic mass is 10.1. The summed E-state index contributed by atoms with van der Waals surface area (Å²) in [5, 5.41) is 2.65. The van der Waals surface area contributed by atoms with Crippen LogP contribution in [0.15, 0.2) is 12.2 Å². The van der Waals surface area contributed by atoms with Crippen LogP contribution in [-0.2, 0) is 14.3 Å². The van der Waals surface area contributed by atoms with Gasteiger partial charge in [0.15, 0.2) is 0 Å². The predicted molar refractivity (Wildman–Crippen MR) is 106 cm³/mol. The SMILES string of the molecule is CCCCCC/C=C/CCC(NC(=O)OC(C)(C)C)C(=O)OC(C)(C)C. The molecule has 0 saturated heterocycles. The summed E-state index contributed by atoms with van der Waals surface area (Å²) in [6.07, 6.45) is 10.8. The standard InChI is InChI=1S/C21H39NO4/c1-8-9-10-11-12-13-14-15-16-17(18(23)25-20(2,3)4)22-19(24)26-21(5,6)7/h13-14,17H,8-12,15-16H2,1-7H3,(H,22,24)/b14-13+. The fourth-order valence-corrected chi connectivity index (χ4v) is 2.26. The Morgan fingerprint density at radius 2 is 1.46 bits per heavy atom. The lowest BCUT2D eigenvalue weighted by Crippen LogP contribution is -2.45. The van der Waals surface area contributed by atoms with E-state index >= 15 is 0 Å². The molecule has 152 valence electrons. The maximum atomic E-state index is 12.4. The molecule has 0 rings (SSSR count). The van der Waals surface area contributed by atoms with Gasteiger partial charge in [-0.2, -0.15) is 0 Å². The number of esters is 1. The summed E-state index contributed by atoms with van der Waals surface area (Å²) in [4.78, 5) is 24.4. The molecule has 0 aromatic rings. The van der Waals surface area contributed by atoms with Crippen molar-refractivity contribution in [2.75, 3.05) is 0 Å². The minimum Gasteiger partial charge on any atom is -0.458 e. The van der Waals surface area contributed by atoms with Crippen LogP contribution in [-0.4, -0.2) is 29.3 Å². The van der Waals surface area contributed by atoms with Gasteiger partial charge < -0.3 is 14.8 Å². The minimum atomic E-state index is -0.714. The summed E-state index contributed by atoms with van der Waals surface area (Å²) in [6.45, 7) is 13.0. The highest BCUT2D eigenvalue weighted by Gasteiger charge is 2.28. The molecule has 5 heteroatoms. The first kappa shape index (κ1) is 24.5. The molecule has 0 heterocycles. The number of hydrogen-bond acceptors (Lipinski definition) is 4. The number of unbranched alkanes of at least 4 members (excludes halogenated alkanes) is 4. The molecule has 1 unspecified atom stereocenters. The molecule has 0 radical (unpaired) electrons. The number of alkyl carbamates (subject to hydrolysis) is 1. The maximum absolute atomic E-state index is 12.4. The Bertz CT molecular complexity index is 444. The van der Waals surface area contributed by atoms with Gasteiger partial charge in [0, 0.05) is 0 Å². The molecule has 0 fully saturated rings. The van der Waals surface area contributed by atoms with Crippen molar-refractivity contribution in [1.29, 1.82) is 0 Å². The van der Waals surface area contributed by atoms with E-state index in [2.05, 4.69) is 24.4 Å². The molecule has 0 spiro atoms. The third-order valence-corrected chi connectivity index (χ3v) is 3.40. The molecule has 1 N–H and O–H groups in total. The molecular weight excluding hydrogens is 330 g/mol. The topological polar surface area (TPSA) is 64.6 Å². The first-order valence-electron chi connectivity index (χ1n) is 9.82. The number of ether oxygens (including phenoxy) is 2. The first-order chi connectivity index (χ1) is 11.9. The van der Waals surface area contributed by atoms with Crippen LogP contribution in [0.4, 0.5) is 4.79 Å². The summed E-state index contributed by atoms with van der Waals surface area (Å²) >= 11 is 0. The zero-order valence-corrected chi connectivity index (χ0v) is 17.8. The second kappa shape index (κ2) is 12.0. The Morgan fingerprint density at radius 1 is 0.885 bits per heavy atom. The van der Waals surface area contributed by atoms with Crippen molar-refractivity contribution >= 4 is 12.1 Å². The zero-order chi connectivity index (χ0) is 20.2. The van der Waals surface area contributed by atoms with Crippen LogP contribution >= 0.6 is 0 Å². The van der Waals surface area contributed by atoms with Crippen LogP contribution in [0.3, 0.4) is 0 Å². The fourth-order valence-electron chi connectivity index (χ4n) is 2.26. The molecule has 0 aliphatic rings. The number of hydrogen-bond donors (Lipinski definition) is 1. The van der Waals surface area contributed by atoms with Crippen molar-refractivity contribution in [3.8, 4) is 0 Å². The van der Waals surface area contributed by atoms with Gasteiger partial charge in [-0.3, -0.25) is 0 Å². The molecule has 5 nitrogen and oxygen atoms in total. The molecule has 0 saturated carbocycles. The van der Waals surface area contributed by atoms with Crippen molar-refractivity contribution in [1.82, 2.24) is 5.32 Å². The molecule has 1 amide bonds. The van der Waals surface area contributed by atoms with Crippen LogP contribution in [0.25, 0.3) is 0 Å². The van der Waals surface area contributed by atoms with Gasteiger partial charge in [0.05, 0.1) is 0 Å². The minimum absolute atomic E-state index is 0.431. The average molecular weight is 370 g/mol. The van der Waals surface area contributed by atoms with Gasteiger partial charge in [-0.25, -0.2) is 9.59 Å². The van der Waals surface area contributed by atoms with E-state index in [9.17, 15) is 9.59 Å². The van der Waals surface area contributed by atoms with Crippen molar-refractivity contribution in [3.05, 3.63) is 12.2 Å². The van der Waals surface area contributed by atoms with Gasteiger partial charge in [0.25, 0.3) is 0 Å². The second-order valence-electron chi connectivity index (χ2n) is 8.63. The van der Waals surface area contributed by atoms with E-state index in [0.717, 1.165) is 6.42 Å². The molecule has 26 heavy (non-hydrogen) atoms. The normalized spacial score (nSPS) is 13.5. The Balaban J connectivity index is 4.56. The average Bonchev–Trinajstić information content (AvgIpc) is 2.45. The molecule has 0 aliphatic heterocycles. The zero-order valence-electron chi connectivity index (χ0n) is 17.8. The second-order valence-corrected chi connectivity index (χ2v) is 8.63. The monoisotopic (exact) mass is 369 g/mol. The van der Waals surface area contributed by atoms with Crippen LogP contribution in [0, 0.1) is 0 Å². The Hall–Kier alpha value is -1.52. The summed E-state index contributed by atoms with van der Waals surface area (Å²) in [6, 6.07) is -0.714. The highest BCUT2D eigenvalue weighted by Crippen LogP contribution is 2.13. The third-order valence-electron chi connectivity index (χ3n) is 3.40. The molecule has 0 aliphatic carbocycles. The van der Waals surface area contributed by atoms with E-state index in [1.807, 2.05) is 20.8 Å². The van der Waals surface area contributed by atoms with Gasteiger partial charge >= 0.3 is 12.1 Å². The maximum Gasteiger partial charge on any atom is 0.408 e. The van der Waals surface area contributed by atoms with Crippen molar-refractivity contribution < 1.29 is 19.1 Å². The fraction of sp³-hybridized carbons (Fsp3) is 0.810. The lowest BCUT2D eigenvalue weighted by molar-refractivity contribution is -0.157. The van der Waals surface area contributed by atoms with Crippen LogP contribution < -0.4 is 5.32 Å². The lowest BCUT2D eigenvalue weighted by Gasteiger charge is -2.26. The van der Waals surface area contributed by atoms with Crippen molar-refractivity contribution in [2.24, 2.45) is 0 Å². The third kappa shape index (κ3) is 14.8. The van der Waals surface area contributed by atoms with Crippen LogP contribution in [0.1, 0.15) is 93.4 Å². The Labute approximate surface area is 159 Å². The first-order valence-corrected chi connectivity index (χ1v) is 9.82. The highest BCUT2D eigenvalue weighted by atomic mass is 16.6. The highest BCUT2D eigenvalue weighted by molar-refractivity contribution is 5.81. The molecule has 0 aromatic heterocycles. The molecular formula is C21H39NO4. The Morgan fingerprint density at radius 3 is 2.00 bits per heavy atom. The Kier molecular flexibility index (Phi) is 11.3. The van der Waals surface area contributed by atoms with Gasteiger partial charge in [-0.05, 0) is 67.2 Å². The van der Waals surface area contributed by atoms with E-state index in [1.165, 1.54) is 25.7 Å². The smallest absolute Gasteiger partial charge is 0.408 e. The van der Waals surface area contributed by atoms with Crippen molar-refractivity contribution in [3.63, 3.8) is 0 Å². The van der Waals surface area contributed by atoms with Gasteiger partial charge in [-0.1, -0.05) is 38.3 Å². The number of amides is 1. The quantitative estimate of drug-likeness (QED) is 0.312. The summed E-state index contributed by atoms with van der Waals surface area (Å²) in [7, 11) is 0. The van der Waals surface area contributed by atoms with Gasteiger partial charge in [-0.15, -0.1) is 0 Å². The number of nitrogens with one attached hydrogen (secondary N) is 1. The van der Waals surface area contributed by atoms with Gasteiger partial charge in [0.1, 0.15) is 17.2 Å². The van der Waals surface area contributed by atoms with E-state index in [1.54, 1.807) is 20.8 Å². The largest absolute Gasteiger partial charge is 0.458 e. The van der Waals surface area contributed by atoms with Crippen molar-refractivity contribution in [2.45, 2.75) is 111 Å². The summed E-state index contributed by atoms with van der Waals surface area (Å²) < 4.78 is 10.7. The summed E-state index contributed by atoms with van der Waals surface area (Å²) in [5.74, 6) is -0.431. The number of allylic oxidation sites excluding steroid dienone is 2. The number of rotatable bonds is 10. The number of carbonyl (C=O) groups excluding carboxylic acids is 2. The predicted octanol–water partition coefficient (Wildman–Crippen LogP) is 5.53. The van der Waals surface area contributed by atoms with Crippen LogP contribution in [0.2, 0.25) is 0 Å². The number of carbonyl (C=O) groups is 2. The molecule has 1 atom stereocenters. The van der Waals surface area contributed by atoms with Gasteiger partial charge in [0.2, 0.25) is 0 Å². The van der Waals surface area contributed by atoms with E-state index in [4.69, 9.17) is 9.47 Å². The van der Waals surface area contributed by atoms with E-state index in [0.29, 0.717) is 12.8 Å². The van der Waals surface area contributed by atoms with E-state index < -0.39 is 29.3 Å². The molecule has 0 bridgehead atoms. The summed E-state index contributed by atoms with van der Waals surface area (Å²) in [5.41, 5.74) is -1.21. The van der Waals surface area contributed by atoms with Crippen LogP contribution in [0.5, 0.6) is 0 Å². The molecule has 0 aromatic carbocycles.